The summed E-state index contributed by atoms with van der Waals surface area (Å²) in [5.41, 5.74) is 5.40. The van der Waals surface area contributed by atoms with E-state index in [4.69, 9.17) is 5.73 Å². The zero-order chi connectivity index (χ0) is 9.42. The van der Waals surface area contributed by atoms with E-state index in [-0.39, 0.29) is 17.4 Å². The van der Waals surface area contributed by atoms with Gasteiger partial charge in [-0.05, 0) is 6.08 Å². The number of fused-ring (bicyclic) bond motifs is 1. The van der Waals surface area contributed by atoms with Gasteiger partial charge in [0.25, 0.3) is 5.91 Å². The monoisotopic (exact) mass is 177 g/mol. The summed E-state index contributed by atoms with van der Waals surface area (Å²) in [7, 11) is 0. The SMILES string of the molecule is NC1=NC2=NC(=O)C=C(O)C2C=C1. The molecule has 2 rings (SSSR count). The van der Waals surface area contributed by atoms with Crippen molar-refractivity contribution in [3.63, 3.8) is 0 Å². The number of hydrogen-bond acceptors (Lipinski definition) is 4. The van der Waals surface area contributed by atoms with Gasteiger partial charge in [-0.2, -0.15) is 4.99 Å². The van der Waals surface area contributed by atoms with Crippen LogP contribution in [0.15, 0.2) is 34.0 Å². The van der Waals surface area contributed by atoms with Crippen LogP contribution in [0.5, 0.6) is 0 Å². The topological polar surface area (TPSA) is 88.0 Å². The molecule has 0 spiro atoms. The van der Waals surface area contributed by atoms with E-state index in [9.17, 15) is 9.90 Å². The third kappa shape index (κ3) is 1.24. The van der Waals surface area contributed by atoms with E-state index in [2.05, 4.69) is 9.98 Å². The van der Waals surface area contributed by atoms with Crippen molar-refractivity contribution in [2.24, 2.45) is 21.6 Å². The molecule has 0 aromatic heterocycles. The summed E-state index contributed by atoms with van der Waals surface area (Å²) >= 11 is 0. The number of aliphatic imine (C=N–C) groups is 2. The first kappa shape index (κ1) is 7.72. The Morgan fingerprint density at radius 3 is 3.00 bits per heavy atom. The van der Waals surface area contributed by atoms with Crippen molar-refractivity contribution in [3.05, 3.63) is 24.0 Å². The molecule has 1 amide bonds. The third-order valence-electron chi connectivity index (χ3n) is 1.80. The lowest BCUT2D eigenvalue weighted by molar-refractivity contribution is -0.113. The van der Waals surface area contributed by atoms with Gasteiger partial charge in [0.1, 0.15) is 17.4 Å². The molecule has 0 radical (unpaired) electrons. The molecule has 5 nitrogen and oxygen atoms in total. The minimum Gasteiger partial charge on any atom is -0.511 e. The van der Waals surface area contributed by atoms with E-state index in [0.29, 0.717) is 0 Å². The fourth-order valence-electron chi connectivity index (χ4n) is 1.21. The number of carbonyl (C=O) groups excluding carboxylic acids is 1. The standard InChI is InChI=1S/C8H7N3O2/c9-6-2-1-4-5(12)3-7(13)11-8(4)10-6/h1-4,12H,(H2,9,10,11,13). The summed E-state index contributed by atoms with van der Waals surface area (Å²) in [4.78, 5) is 18.3. The first-order chi connectivity index (χ1) is 6.16. The van der Waals surface area contributed by atoms with Gasteiger partial charge >= 0.3 is 0 Å². The summed E-state index contributed by atoms with van der Waals surface area (Å²) in [6.07, 6.45) is 4.30. The quantitative estimate of drug-likeness (QED) is 0.542. The van der Waals surface area contributed by atoms with Crippen LogP contribution >= 0.6 is 0 Å². The molecule has 2 aliphatic rings. The Hall–Kier alpha value is -1.91. The maximum absolute atomic E-state index is 10.9. The van der Waals surface area contributed by atoms with Crippen molar-refractivity contribution in [1.82, 2.24) is 0 Å². The molecule has 2 aliphatic heterocycles. The Morgan fingerprint density at radius 2 is 2.23 bits per heavy atom. The Morgan fingerprint density at radius 1 is 1.46 bits per heavy atom. The second-order valence-electron chi connectivity index (χ2n) is 2.75. The average Bonchev–Trinajstić information content (AvgIpc) is 2.02. The lowest BCUT2D eigenvalue weighted by atomic mass is 10.0. The zero-order valence-corrected chi connectivity index (χ0v) is 6.64. The van der Waals surface area contributed by atoms with E-state index in [1.165, 1.54) is 0 Å². The Bertz CT molecular complexity index is 390. The molecule has 13 heavy (non-hydrogen) atoms. The van der Waals surface area contributed by atoms with Gasteiger partial charge in [0.2, 0.25) is 0 Å². The number of amides is 1. The number of rotatable bonds is 0. The van der Waals surface area contributed by atoms with Gasteiger partial charge in [0.15, 0.2) is 0 Å². The highest BCUT2D eigenvalue weighted by molar-refractivity contribution is 6.12. The summed E-state index contributed by atoms with van der Waals surface area (Å²) < 4.78 is 0. The Balaban J connectivity index is 2.44. The maximum Gasteiger partial charge on any atom is 0.274 e. The second-order valence-corrected chi connectivity index (χ2v) is 2.75. The lowest BCUT2D eigenvalue weighted by Gasteiger charge is -2.17. The molecule has 0 aromatic carbocycles. The van der Waals surface area contributed by atoms with Crippen molar-refractivity contribution in [1.29, 1.82) is 0 Å². The Labute approximate surface area is 74.0 Å². The molecule has 66 valence electrons. The molecule has 1 atom stereocenters. The van der Waals surface area contributed by atoms with Crippen LogP contribution in [0.4, 0.5) is 0 Å². The highest BCUT2D eigenvalue weighted by atomic mass is 16.3. The van der Waals surface area contributed by atoms with E-state index in [1.54, 1.807) is 12.2 Å². The fraction of sp³-hybridized carbons (Fsp3) is 0.125. The van der Waals surface area contributed by atoms with Crippen molar-refractivity contribution >= 4 is 17.6 Å². The van der Waals surface area contributed by atoms with E-state index in [0.717, 1.165) is 6.08 Å². The summed E-state index contributed by atoms with van der Waals surface area (Å²) in [5.74, 6) is -0.411. The average molecular weight is 177 g/mol. The number of nitrogens with zero attached hydrogens (tertiary/aromatic N) is 2. The molecule has 0 aromatic rings. The highest BCUT2D eigenvalue weighted by Gasteiger charge is 2.25. The van der Waals surface area contributed by atoms with Crippen LogP contribution in [0.3, 0.4) is 0 Å². The molecular weight excluding hydrogens is 170 g/mol. The minimum absolute atomic E-state index is 0.0394. The van der Waals surface area contributed by atoms with E-state index >= 15 is 0 Å². The van der Waals surface area contributed by atoms with Gasteiger partial charge in [-0.25, -0.2) is 4.99 Å². The van der Waals surface area contributed by atoms with Crippen LogP contribution in [-0.4, -0.2) is 22.7 Å². The van der Waals surface area contributed by atoms with Crippen LogP contribution < -0.4 is 5.73 Å². The lowest BCUT2D eigenvalue weighted by Crippen LogP contribution is -2.26. The molecular formula is C8H7N3O2. The van der Waals surface area contributed by atoms with Crippen molar-refractivity contribution < 1.29 is 9.90 Å². The van der Waals surface area contributed by atoms with Crippen molar-refractivity contribution in [2.45, 2.75) is 0 Å². The molecule has 3 N–H and O–H groups in total. The molecule has 0 bridgehead atoms. The Kier molecular flexibility index (Phi) is 1.51. The highest BCUT2D eigenvalue weighted by Crippen LogP contribution is 2.20. The third-order valence-corrected chi connectivity index (χ3v) is 1.80. The van der Waals surface area contributed by atoms with E-state index < -0.39 is 11.8 Å². The molecule has 1 unspecified atom stereocenters. The number of aliphatic hydroxyl groups excluding tert-OH is 1. The maximum atomic E-state index is 10.9. The number of dihydropyridines is 2. The van der Waals surface area contributed by atoms with Gasteiger partial charge in [-0.3, -0.25) is 4.79 Å². The van der Waals surface area contributed by atoms with Crippen molar-refractivity contribution in [2.75, 3.05) is 0 Å². The minimum atomic E-state index is -0.504. The molecule has 0 aliphatic carbocycles. The van der Waals surface area contributed by atoms with E-state index in [1.807, 2.05) is 0 Å². The molecule has 0 fully saturated rings. The largest absolute Gasteiger partial charge is 0.511 e. The van der Waals surface area contributed by atoms with Gasteiger partial charge in [-0.15, -0.1) is 0 Å². The fourth-order valence-corrected chi connectivity index (χ4v) is 1.21. The van der Waals surface area contributed by atoms with Crippen LogP contribution in [0.2, 0.25) is 0 Å². The number of hydrogen-bond donors (Lipinski definition) is 2. The van der Waals surface area contributed by atoms with Gasteiger partial charge in [0.05, 0.1) is 5.92 Å². The predicted octanol–water partition coefficient (Wildman–Crippen LogP) is -0.0898. The van der Waals surface area contributed by atoms with Crippen LogP contribution in [0, 0.1) is 5.92 Å². The smallest absolute Gasteiger partial charge is 0.274 e. The summed E-state index contributed by atoms with van der Waals surface area (Å²) in [6, 6.07) is 0. The van der Waals surface area contributed by atoms with Gasteiger partial charge in [-0.1, -0.05) is 6.08 Å². The zero-order valence-electron chi connectivity index (χ0n) is 6.64. The number of carbonyl (C=O) groups is 1. The number of nitrogens with two attached hydrogens (primary N) is 1. The van der Waals surface area contributed by atoms with Gasteiger partial charge < -0.3 is 10.8 Å². The molecule has 5 heteroatoms. The van der Waals surface area contributed by atoms with Crippen LogP contribution in [0.1, 0.15) is 0 Å². The van der Waals surface area contributed by atoms with Crippen LogP contribution in [0.25, 0.3) is 0 Å². The molecule has 0 saturated heterocycles. The first-order valence-corrected chi connectivity index (χ1v) is 3.72. The molecule has 0 saturated carbocycles. The molecule has 2 heterocycles. The van der Waals surface area contributed by atoms with Gasteiger partial charge in [0, 0.05) is 6.08 Å². The van der Waals surface area contributed by atoms with Crippen LogP contribution in [-0.2, 0) is 4.79 Å². The number of aliphatic hydroxyl groups is 1. The first-order valence-electron chi connectivity index (χ1n) is 3.72. The second kappa shape index (κ2) is 2.55. The number of amidine groups is 2. The summed E-state index contributed by atoms with van der Waals surface area (Å²) in [5, 5.41) is 9.36. The summed E-state index contributed by atoms with van der Waals surface area (Å²) in [6.45, 7) is 0. The predicted molar refractivity (Wildman–Crippen MR) is 47.4 cm³/mol. The normalized spacial score (nSPS) is 26.0. The van der Waals surface area contributed by atoms with Crippen molar-refractivity contribution in [3.8, 4) is 0 Å².